The molecule has 0 bridgehead atoms. The molecule has 3 heterocycles. The molecule has 8 heteroatoms. The molecule has 1 amide bonds. The molecule has 3 aliphatic heterocycles. The van der Waals surface area contributed by atoms with Crippen LogP contribution < -0.4 is 4.31 Å². The van der Waals surface area contributed by atoms with Crippen molar-refractivity contribution in [1.82, 2.24) is 14.1 Å². The highest BCUT2D eigenvalue weighted by Crippen LogP contribution is 2.47. The number of anilines is 1. The zero-order valence-electron chi connectivity index (χ0n) is 20.2. The average molecular weight is 475 g/mol. The summed E-state index contributed by atoms with van der Waals surface area (Å²) in [6.45, 7) is 5.67. The number of nitrogens with zero attached hydrogens (tertiary/aromatic N) is 4. The largest absolute Gasteiger partial charge is 0.339 e. The molecule has 0 radical (unpaired) electrons. The Morgan fingerprint density at radius 1 is 1.00 bits per heavy atom. The van der Waals surface area contributed by atoms with Crippen molar-refractivity contribution in [3.63, 3.8) is 0 Å². The lowest BCUT2D eigenvalue weighted by Gasteiger charge is -2.41. The van der Waals surface area contributed by atoms with E-state index < -0.39 is 10.2 Å². The van der Waals surface area contributed by atoms with Crippen LogP contribution in [0.2, 0.25) is 0 Å². The molecule has 7 nitrogen and oxygen atoms in total. The molecule has 0 N–H and O–H groups in total. The Kier molecular flexibility index (Phi) is 6.20. The number of hydrogen-bond acceptors (Lipinski definition) is 4. The van der Waals surface area contributed by atoms with Gasteiger partial charge in [-0.05, 0) is 61.8 Å². The molecule has 33 heavy (non-hydrogen) atoms. The summed E-state index contributed by atoms with van der Waals surface area (Å²) in [6, 6.07) is 6.27. The van der Waals surface area contributed by atoms with Crippen LogP contribution >= 0.6 is 0 Å². The van der Waals surface area contributed by atoms with E-state index in [-0.39, 0.29) is 17.9 Å². The second-order valence-electron chi connectivity index (χ2n) is 10.7. The molecular weight excluding hydrogens is 436 g/mol. The molecular formula is C25H38N4O3S. The molecule has 182 valence electrons. The fraction of sp³-hybridized carbons (Fsp3) is 0.720. The predicted octanol–water partition coefficient (Wildman–Crippen LogP) is 3.29. The second-order valence-corrected chi connectivity index (χ2v) is 12.7. The van der Waals surface area contributed by atoms with Gasteiger partial charge in [-0.25, -0.2) is 0 Å². The molecule has 5 rings (SSSR count). The van der Waals surface area contributed by atoms with Gasteiger partial charge in [0.05, 0.1) is 11.7 Å². The minimum atomic E-state index is -3.60. The number of likely N-dealkylation sites (tertiary alicyclic amines) is 2. The third kappa shape index (κ3) is 4.08. The van der Waals surface area contributed by atoms with Crippen LogP contribution in [0.3, 0.4) is 0 Å². The number of fused-ring (bicyclic) bond motifs is 3. The van der Waals surface area contributed by atoms with Crippen molar-refractivity contribution in [2.45, 2.75) is 69.9 Å². The maximum absolute atomic E-state index is 13.3. The summed E-state index contributed by atoms with van der Waals surface area (Å²) >= 11 is 0. The van der Waals surface area contributed by atoms with Gasteiger partial charge in [0.15, 0.2) is 0 Å². The Hall–Kier alpha value is -1.64. The first-order valence-corrected chi connectivity index (χ1v) is 14.1. The first-order chi connectivity index (χ1) is 15.8. The number of carbonyl (C=O) groups is 1. The summed E-state index contributed by atoms with van der Waals surface area (Å²) in [5.74, 6) is 0.861. The summed E-state index contributed by atoms with van der Waals surface area (Å²) in [5, 5.41) is 0. The molecule has 2 unspecified atom stereocenters. The van der Waals surface area contributed by atoms with Crippen LogP contribution in [-0.2, 0) is 10.2 Å². The van der Waals surface area contributed by atoms with Crippen LogP contribution in [0.4, 0.5) is 5.69 Å². The van der Waals surface area contributed by atoms with E-state index in [2.05, 4.69) is 11.8 Å². The summed E-state index contributed by atoms with van der Waals surface area (Å²) in [4.78, 5) is 17.9. The molecule has 0 aromatic heterocycles. The van der Waals surface area contributed by atoms with Crippen molar-refractivity contribution in [1.29, 1.82) is 0 Å². The SMILES string of the molecule is CC1CCN(C(=O)c2ccc3c(c2)C2CN(C4CCCC4)CCC2N3S(=O)(=O)N(C)C)CC1. The van der Waals surface area contributed by atoms with Crippen LogP contribution in [-0.4, -0.2) is 80.8 Å². The van der Waals surface area contributed by atoms with E-state index in [1.807, 2.05) is 23.1 Å². The predicted molar refractivity (Wildman–Crippen MR) is 131 cm³/mol. The standard InChI is InChI=1S/C25H38N4O3S/c1-18-10-13-27(14-11-18)25(30)19-8-9-23-21(16-19)22-17-28(20-6-4-5-7-20)15-12-24(22)29(23)33(31,32)26(2)3/h8-9,16,18,20,22,24H,4-7,10-15,17H2,1-3H3. The number of amides is 1. The fourth-order valence-electron chi connectivity index (χ4n) is 6.38. The van der Waals surface area contributed by atoms with E-state index in [9.17, 15) is 13.2 Å². The van der Waals surface area contributed by atoms with E-state index in [0.29, 0.717) is 17.5 Å². The molecule has 3 fully saturated rings. The van der Waals surface area contributed by atoms with E-state index in [4.69, 9.17) is 0 Å². The molecule has 4 aliphatic rings. The minimum absolute atomic E-state index is 0.0776. The van der Waals surface area contributed by atoms with Crippen molar-refractivity contribution < 1.29 is 13.2 Å². The van der Waals surface area contributed by atoms with Gasteiger partial charge in [0.1, 0.15) is 0 Å². The highest BCUT2D eigenvalue weighted by molar-refractivity contribution is 7.90. The van der Waals surface area contributed by atoms with Gasteiger partial charge in [-0.1, -0.05) is 19.8 Å². The third-order valence-corrected chi connectivity index (χ3v) is 10.3. The fourth-order valence-corrected chi connectivity index (χ4v) is 7.74. The first kappa shape index (κ1) is 23.1. The summed E-state index contributed by atoms with van der Waals surface area (Å²) in [6.07, 6.45) is 8.00. The minimum Gasteiger partial charge on any atom is -0.339 e. The van der Waals surface area contributed by atoms with Crippen LogP contribution in [0.15, 0.2) is 18.2 Å². The zero-order valence-corrected chi connectivity index (χ0v) is 21.1. The number of piperidine rings is 2. The number of benzene rings is 1. The first-order valence-electron chi connectivity index (χ1n) is 12.7. The summed E-state index contributed by atoms with van der Waals surface area (Å²) in [5.41, 5.74) is 2.49. The van der Waals surface area contributed by atoms with Gasteiger partial charge in [-0.2, -0.15) is 12.7 Å². The number of hydrogen-bond donors (Lipinski definition) is 0. The van der Waals surface area contributed by atoms with E-state index in [1.165, 1.54) is 30.0 Å². The normalized spacial score (nSPS) is 27.3. The Balaban J connectivity index is 1.48. The molecule has 2 saturated heterocycles. The Labute approximate surface area is 198 Å². The summed E-state index contributed by atoms with van der Waals surface area (Å²) in [7, 11) is -0.399. The molecule has 1 aromatic rings. The van der Waals surface area contributed by atoms with Crippen molar-refractivity contribution in [2.24, 2.45) is 5.92 Å². The molecule has 0 spiro atoms. The lowest BCUT2D eigenvalue weighted by atomic mass is 9.87. The smallest absolute Gasteiger partial charge is 0.303 e. The molecule has 1 aromatic carbocycles. The highest BCUT2D eigenvalue weighted by atomic mass is 32.2. The Morgan fingerprint density at radius 3 is 2.36 bits per heavy atom. The van der Waals surface area contributed by atoms with Gasteiger partial charge in [0, 0.05) is 57.8 Å². The third-order valence-electron chi connectivity index (χ3n) is 8.44. The quantitative estimate of drug-likeness (QED) is 0.672. The number of carbonyl (C=O) groups excluding carboxylic acids is 1. The van der Waals surface area contributed by atoms with Crippen molar-refractivity contribution in [3.8, 4) is 0 Å². The van der Waals surface area contributed by atoms with Gasteiger partial charge in [0.25, 0.3) is 5.91 Å². The zero-order chi connectivity index (χ0) is 23.3. The van der Waals surface area contributed by atoms with Crippen LogP contribution in [0.5, 0.6) is 0 Å². The van der Waals surface area contributed by atoms with Crippen molar-refractivity contribution in [3.05, 3.63) is 29.3 Å². The second kappa shape index (κ2) is 8.86. The molecule has 1 saturated carbocycles. The van der Waals surface area contributed by atoms with Crippen LogP contribution in [0, 0.1) is 5.92 Å². The molecule has 1 aliphatic carbocycles. The van der Waals surface area contributed by atoms with E-state index in [1.54, 1.807) is 18.4 Å². The summed E-state index contributed by atoms with van der Waals surface area (Å²) < 4.78 is 29.7. The van der Waals surface area contributed by atoms with Crippen molar-refractivity contribution in [2.75, 3.05) is 44.6 Å². The lowest BCUT2D eigenvalue weighted by molar-refractivity contribution is 0.0697. The maximum atomic E-state index is 13.3. The van der Waals surface area contributed by atoms with Crippen LogP contribution in [0.1, 0.15) is 73.7 Å². The topological polar surface area (TPSA) is 64.2 Å². The maximum Gasteiger partial charge on any atom is 0.303 e. The monoisotopic (exact) mass is 474 g/mol. The average Bonchev–Trinajstić information content (AvgIpc) is 3.45. The lowest BCUT2D eigenvalue weighted by Crippen LogP contribution is -2.52. The molecule has 2 atom stereocenters. The van der Waals surface area contributed by atoms with Gasteiger partial charge in [0.2, 0.25) is 0 Å². The van der Waals surface area contributed by atoms with Crippen molar-refractivity contribution >= 4 is 21.8 Å². The highest BCUT2D eigenvalue weighted by Gasteiger charge is 2.48. The van der Waals surface area contributed by atoms with Gasteiger partial charge in [-0.3, -0.25) is 14.0 Å². The van der Waals surface area contributed by atoms with E-state index >= 15 is 0 Å². The van der Waals surface area contributed by atoms with Gasteiger partial charge < -0.3 is 4.90 Å². The Bertz CT molecular complexity index is 997. The Morgan fingerprint density at radius 2 is 1.70 bits per heavy atom. The van der Waals surface area contributed by atoms with Gasteiger partial charge in [-0.15, -0.1) is 0 Å². The van der Waals surface area contributed by atoms with Crippen LogP contribution in [0.25, 0.3) is 0 Å². The van der Waals surface area contributed by atoms with E-state index in [0.717, 1.165) is 56.7 Å². The number of rotatable bonds is 4. The van der Waals surface area contributed by atoms with Gasteiger partial charge >= 0.3 is 10.2 Å².